The molecule has 18 heavy (non-hydrogen) atoms. The van der Waals surface area contributed by atoms with Gasteiger partial charge in [-0.2, -0.15) is 4.98 Å². The second-order valence-corrected chi connectivity index (χ2v) is 6.46. The first kappa shape index (κ1) is 12.2. The van der Waals surface area contributed by atoms with E-state index in [0.717, 1.165) is 30.1 Å². The maximum absolute atomic E-state index is 6.03. The number of rotatable bonds is 4. The fourth-order valence-electron chi connectivity index (χ4n) is 3.64. The summed E-state index contributed by atoms with van der Waals surface area (Å²) < 4.78 is 5.36. The Hall–Kier alpha value is -0.900. The molecule has 0 spiro atoms. The highest BCUT2D eigenvalue weighted by molar-refractivity contribution is 4.98. The lowest BCUT2D eigenvalue weighted by atomic mass is 9.86. The monoisotopic (exact) mass is 249 g/mol. The Morgan fingerprint density at radius 1 is 1.33 bits per heavy atom. The predicted molar refractivity (Wildman–Crippen MR) is 68.7 cm³/mol. The van der Waals surface area contributed by atoms with Crippen molar-refractivity contribution >= 4 is 0 Å². The van der Waals surface area contributed by atoms with Gasteiger partial charge in [0.2, 0.25) is 5.89 Å². The molecule has 0 radical (unpaired) electrons. The van der Waals surface area contributed by atoms with Crippen LogP contribution in [0.15, 0.2) is 4.52 Å². The summed E-state index contributed by atoms with van der Waals surface area (Å²) in [6, 6.07) is -0.109. The fourth-order valence-corrected chi connectivity index (χ4v) is 3.64. The van der Waals surface area contributed by atoms with E-state index in [1.54, 1.807) is 0 Å². The summed E-state index contributed by atoms with van der Waals surface area (Å²) in [7, 11) is 0. The summed E-state index contributed by atoms with van der Waals surface area (Å²) in [5, 5.41) is 4.03. The molecule has 2 aliphatic carbocycles. The van der Waals surface area contributed by atoms with Crippen LogP contribution >= 0.6 is 0 Å². The first-order valence-corrected chi connectivity index (χ1v) is 7.21. The molecule has 0 amide bonds. The standard InChI is InChI=1S/C14H23N3O/c1-8(2)13(15)14-16-12(18-17-14)7-11-6-9-3-4-10(11)5-9/h8-11,13H,3-7,15H2,1-2H3. The Labute approximate surface area is 108 Å². The van der Waals surface area contributed by atoms with Gasteiger partial charge in [0.25, 0.3) is 0 Å². The smallest absolute Gasteiger partial charge is 0.226 e. The molecule has 2 bridgehead atoms. The van der Waals surface area contributed by atoms with Crippen molar-refractivity contribution in [2.75, 3.05) is 0 Å². The molecule has 4 unspecified atom stereocenters. The van der Waals surface area contributed by atoms with Gasteiger partial charge in [-0.15, -0.1) is 0 Å². The van der Waals surface area contributed by atoms with Crippen molar-refractivity contribution in [3.8, 4) is 0 Å². The lowest BCUT2D eigenvalue weighted by Gasteiger charge is -2.19. The van der Waals surface area contributed by atoms with Crippen molar-refractivity contribution in [2.24, 2.45) is 29.4 Å². The Balaban J connectivity index is 1.64. The predicted octanol–water partition coefficient (Wildman–Crippen LogP) is 2.70. The van der Waals surface area contributed by atoms with Crippen LogP contribution in [-0.2, 0) is 6.42 Å². The van der Waals surface area contributed by atoms with Gasteiger partial charge in [-0.1, -0.05) is 25.4 Å². The van der Waals surface area contributed by atoms with Gasteiger partial charge in [-0.3, -0.25) is 0 Å². The molecule has 4 nitrogen and oxygen atoms in total. The minimum absolute atomic E-state index is 0.109. The molecule has 2 aliphatic rings. The molecule has 1 aromatic rings. The average molecular weight is 249 g/mol. The highest BCUT2D eigenvalue weighted by Crippen LogP contribution is 2.49. The van der Waals surface area contributed by atoms with Crippen molar-refractivity contribution in [1.82, 2.24) is 10.1 Å². The summed E-state index contributed by atoms with van der Waals surface area (Å²) >= 11 is 0. The van der Waals surface area contributed by atoms with Gasteiger partial charge in [-0.05, 0) is 42.9 Å². The SMILES string of the molecule is CC(C)C(N)c1noc(CC2CC3CCC2C3)n1. The largest absolute Gasteiger partial charge is 0.339 e. The number of nitrogens with two attached hydrogens (primary N) is 1. The molecule has 3 rings (SSSR count). The van der Waals surface area contributed by atoms with E-state index in [1.807, 2.05) is 0 Å². The van der Waals surface area contributed by atoms with E-state index in [4.69, 9.17) is 10.3 Å². The van der Waals surface area contributed by atoms with E-state index in [1.165, 1.54) is 25.7 Å². The normalized spacial score (nSPS) is 32.3. The number of fused-ring (bicyclic) bond motifs is 2. The van der Waals surface area contributed by atoms with Crippen LogP contribution in [0.5, 0.6) is 0 Å². The maximum Gasteiger partial charge on any atom is 0.226 e. The molecule has 2 N–H and O–H groups in total. The lowest BCUT2D eigenvalue weighted by molar-refractivity contribution is 0.286. The minimum Gasteiger partial charge on any atom is -0.339 e. The summed E-state index contributed by atoms with van der Waals surface area (Å²) in [4.78, 5) is 4.48. The Kier molecular flexibility index (Phi) is 3.14. The van der Waals surface area contributed by atoms with Crippen molar-refractivity contribution in [3.05, 3.63) is 11.7 Å². The maximum atomic E-state index is 6.03. The van der Waals surface area contributed by atoms with Crippen LogP contribution in [-0.4, -0.2) is 10.1 Å². The molecular weight excluding hydrogens is 226 g/mol. The van der Waals surface area contributed by atoms with Gasteiger partial charge < -0.3 is 10.3 Å². The van der Waals surface area contributed by atoms with Gasteiger partial charge in [-0.25, -0.2) is 0 Å². The Bertz CT molecular complexity index is 415. The van der Waals surface area contributed by atoms with E-state index in [0.29, 0.717) is 11.7 Å². The topological polar surface area (TPSA) is 64.9 Å². The summed E-state index contributed by atoms with van der Waals surface area (Å²) in [5.41, 5.74) is 6.03. The first-order valence-electron chi connectivity index (χ1n) is 7.21. The molecule has 0 aliphatic heterocycles. The minimum atomic E-state index is -0.109. The Morgan fingerprint density at radius 2 is 2.17 bits per heavy atom. The van der Waals surface area contributed by atoms with Crippen molar-refractivity contribution in [2.45, 2.75) is 52.0 Å². The van der Waals surface area contributed by atoms with Gasteiger partial charge >= 0.3 is 0 Å². The fraction of sp³-hybridized carbons (Fsp3) is 0.857. The summed E-state index contributed by atoms with van der Waals surface area (Å²) in [6.45, 7) is 4.16. The zero-order valence-electron chi connectivity index (χ0n) is 11.3. The molecule has 0 saturated heterocycles. The third-order valence-electron chi connectivity index (χ3n) is 4.82. The number of hydrogen-bond donors (Lipinski definition) is 1. The Morgan fingerprint density at radius 3 is 2.78 bits per heavy atom. The van der Waals surface area contributed by atoms with Gasteiger partial charge in [0.1, 0.15) is 0 Å². The van der Waals surface area contributed by atoms with Crippen LogP contribution in [0, 0.1) is 23.7 Å². The number of nitrogens with zero attached hydrogens (tertiary/aromatic N) is 2. The van der Waals surface area contributed by atoms with Crippen LogP contribution in [0.4, 0.5) is 0 Å². The molecule has 4 heteroatoms. The van der Waals surface area contributed by atoms with E-state index in [2.05, 4.69) is 24.0 Å². The molecule has 2 saturated carbocycles. The van der Waals surface area contributed by atoms with Crippen LogP contribution < -0.4 is 5.73 Å². The summed E-state index contributed by atoms with van der Waals surface area (Å²) in [5.74, 6) is 4.46. The van der Waals surface area contributed by atoms with Crippen molar-refractivity contribution in [1.29, 1.82) is 0 Å². The average Bonchev–Trinajstić information content (AvgIpc) is 3.03. The second-order valence-electron chi connectivity index (χ2n) is 6.46. The number of aromatic nitrogens is 2. The zero-order valence-corrected chi connectivity index (χ0v) is 11.3. The van der Waals surface area contributed by atoms with Crippen LogP contribution in [0.1, 0.15) is 57.3 Å². The quantitative estimate of drug-likeness (QED) is 0.891. The van der Waals surface area contributed by atoms with Crippen LogP contribution in [0.3, 0.4) is 0 Å². The van der Waals surface area contributed by atoms with Crippen LogP contribution in [0.2, 0.25) is 0 Å². The molecular formula is C14H23N3O. The highest BCUT2D eigenvalue weighted by Gasteiger charge is 2.40. The molecule has 1 aromatic heterocycles. The third kappa shape index (κ3) is 2.18. The van der Waals surface area contributed by atoms with E-state index < -0.39 is 0 Å². The molecule has 100 valence electrons. The number of hydrogen-bond acceptors (Lipinski definition) is 4. The first-order chi connectivity index (χ1) is 8.63. The third-order valence-corrected chi connectivity index (χ3v) is 4.82. The van der Waals surface area contributed by atoms with E-state index in [9.17, 15) is 0 Å². The van der Waals surface area contributed by atoms with Crippen molar-refractivity contribution < 1.29 is 4.52 Å². The molecule has 4 atom stereocenters. The molecule has 1 heterocycles. The second kappa shape index (κ2) is 4.65. The van der Waals surface area contributed by atoms with Crippen LogP contribution in [0.25, 0.3) is 0 Å². The summed E-state index contributed by atoms with van der Waals surface area (Å²) in [6.07, 6.45) is 6.59. The molecule has 0 aromatic carbocycles. The van der Waals surface area contributed by atoms with Crippen molar-refractivity contribution in [3.63, 3.8) is 0 Å². The van der Waals surface area contributed by atoms with Gasteiger partial charge in [0.15, 0.2) is 5.82 Å². The van der Waals surface area contributed by atoms with Gasteiger partial charge in [0.05, 0.1) is 6.04 Å². The lowest BCUT2D eigenvalue weighted by Crippen LogP contribution is -2.18. The van der Waals surface area contributed by atoms with E-state index in [-0.39, 0.29) is 6.04 Å². The highest BCUT2D eigenvalue weighted by atomic mass is 16.5. The molecule has 2 fully saturated rings. The van der Waals surface area contributed by atoms with E-state index >= 15 is 0 Å². The zero-order chi connectivity index (χ0) is 12.7. The van der Waals surface area contributed by atoms with Gasteiger partial charge in [0, 0.05) is 6.42 Å².